The summed E-state index contributed by atoms with van der Waals surface area (Å²) in [4.78, 5) is 13.3. The van der Waals surface area contributed by atoms with Gasteiger partial charge in [-0.2, -0.15) is 12.6 Å². The highest BCUT2D eigenvalue weighted by molar-refractivity contribution is 7.80. The van der Waals surface area contributed by atoms with Gasteiger partial charge in [0.2, 0.25) is 0 Å². The molecule has 94 valence electrons. The Morgan fingerprint density at radius 2 is 2.00 bits per heavy atom. The lowest BCUT2D eigenvalue weighted by atomic mass is 9.97. The highest BCUT2D eigenvalue weighted by Crippen LogP contribution is 2.26. The minimum Gasteiger partial charge on any atom is -0.444 e. The summed E-state index contributed by atoms with van der Waals surface area (Å²) in [6.07, 6.45) is -0.264. The Hall–Kier alpha value is -0.420. The van der Waals surface area contributed by atoms with Crippen LogP contribution in [0.4, 0.5) is 4.79 Å². The molecule has 0 N–H and O–H groups in total. The van der Waals surface area contributed by atoms with Crippen LogP contribution in [-0.4, -0.2) is 47.6 Å². The Labute approximate surface area is 103 Å². The molecule has 4 nitrogen and oxygen atoms in total. The first kappa shape index (κ1) is 13.6. The van der Waals surface area contributed by atoms with Gasteiger partial charge in [-0.05, 0) is 27.7 Å². The summed E-state index contributed by atoms with van der Waals surface area (Å²) in [7, 11) is 0. The maximum atomic E-state index is 11.6. The second-order valence-corrected chi connectivity index (χ2v) is 5.81. The number of thiol groups is 1. The Morgan fingerprint density at radius 3 is 2.44 bits per heavy atom. The van der Waals surface area contributed by atoms with Crippen molar-refractivity contribution in [1.82, 2.24) is 4.90 Å². The quantitative estimate of drug-likeness (QED) is 0.775. The molecule has 0 bridgehead atoms. The SMILES string of the molecule is CC(C)(C)OC(=O)N1CC(C)(OCCS)C1. The van der Waals surface area contributed by atoms with E-state index in [-0.39, 0.29) is 11.7 Å². The van der Waals surface area contributed by atoms with Gasteiger partial charge in [0.1, 0.15) is 11.2 Å². The van der Waals surface area contributed by atoms with E-state index in [9.17, 15) is 4.79 Å². The van der Waals surface area contributed by atoms with Gasteiger partial charge in [0.05, 0.1) is 19.7 Å². The van der Waals surface area contributed by atoms with Crippen LogP contribution >= 0.6 is 12.6 Å². The van der Waals surface area contributed by atoms with Crippen LogP contribution in [0.3, 0.4) is 0 Å². The van der Waals surface area contributed by atoms with E-state index in [1.54, 1.807) is 4.90 Å². The largest absolute Gasteiger partial charge is 0.444 e. The highest BCUT2D eigenvalue weighted by Gasteiger charge is 2.43. The summed E-state index contributed by atoms with van der Waals surface area (Å²) in [5.74, 6) is 0.696. The van der Waals surface area contributed by atoms with Crippen LogP contribution in [0, 0.1) is 0 Å². The number of likely N-dealkylation sites (tertiary alicyclic amines) is 1. The maximum absolute atomic E-state index is 11.6. The average molecular weight is 247 g/mol. The molecular weight excluding hydrogens is 226 g/mol. The first-order valence-electron chi connectivity index (χ1n) is 5.48. The lowest BCUT2D eigenvalue weighted by Crippen LogP contribution is -2.63. The summed E-state index contributed by atoms with van der Waals surface area (Å²) in [6, 6.07) is 0. The summed E-state index contributed by atoms with van der Waals surface area (Å²) in [6.45, 7) is 9.38. The highest BCUT2D eigenvalue weighted by atomic mass is 32.1. The fourth-order valence-corrected chi connectivity index (χ4v) is 1.69. The first-order chi connectivity index (χ1) is 7.26. The molecule has 0 spiro atoms. The van der Waals surface area contributed by atoms with E-state index in [2.05, 4.69) is 12.6 Å². The number of hydrogen-bond donors (Lipinski definition) is 1. The van der Waals surface area contributed by atoms with Crippen LogP contribution in [0.25, 0.3) is 0 Å². The number of amides is 1. The van der Waals surface area contributed by atoms with E-state index >= 15 is 0 Å². The third-order valence-corrected chi connectivity index (χ3v) is 2.43. The van der Waals surface area contributed by atoms with Crippen LogP contribution < -0.4 is 0 Å². The van der Waals surface area contributed by atoms with Gasteiger partial charge in [-0.1, -0.05) is 0 Å². The molecule has 0 aliphatic carbocycles. The molecule has 1 amide bonds. The van der Waals surface area contributed by atoms with Crippen molar-refractivity contribution in [2.24, 2.45) is 0 Å². The fourth-order valence-electron chi connectivity index (χ4n) is 1.60. The number of carbonyl (C=O) groups is 1. The number of rotatable bonds is 3. The molecule has 0 aromatic heterocycles. The van der Waals surface area contributed by atoms with Crippen molar-refractivity contribution in [2.75, 3.05) is 25.4 Å². The summed E-state index contributed by atoms with van der Waals surface area (Å²) in [5.41, 5.74) is -0.658. The molecule has 0 atom stereocenters. The zero-order valence-electron chi connectivity index (χ0n) is 10.4. The zero-order valence-corrected chi connectivity index (χ0v) is 11.3. The minimum atomic E-state index is -0.435. The van der Waals surface area contributed by atoms with Crippen molar-refractivity contribution in [3.63, 3.8) is 0 Å². The van der Waals surface area contributed by atoms with Crippen LogP contribution in [0.15, 0.2) is 0 Å². The van der Waals surface area contributed by atoms with Gasteiger partial charge >= 0.3 is 6.09 Å². The lowest BCUT2D eigenvalue weighted by molar-refractivity contribution is -0.124. The Kier molecular flexibility index (Phi) is 4.12. The van der Waals surface area contributed by atoms with Gasteiger partial charge < -0.3 is 14.4 Å². The van der Waals surface area contributed by atoms with Gasteiger partial charge in [0, 0.05) is 5.75 Å². The Morgan fingerprint density at radius 1 is 1.44 bits per heavy atom. The van der Waals surface area contributed by atoms with Crippen molar-refractivity contribution in [3.05, 3.63) is 0 Å². The van der Waals surface area contributed by atoms with Crippen LogP contribution in [0.1, 0.15) is 27.7 Å². The smallest absolute Gasteiger partial charge is 0.410 e. The molecule has 1 aliphatic rings. The van der Waals surface area contributed by atoms with Crippen LogP contribution in [0.2, 0.25) is 0 Å². The van der Waals surface area contributed by atoms with E-state index in [4.69, 9.17) is 9.47 Å². The first-order valence-corrected chi connectivity index (χ1v) is 6.12. The van der Waals surface area contributed by atoms with Crippen molar-refractivity contribution in [2.45, 2.75) is 38.9 Å². The number of hydrogen-bond acceptors (Lipinski definition) is 4. The van der Waals surface area contributed by atoms with Crippen LogP contribution in [-0.2, 0) is 9.47 Å². The van der Waals surface area contributed by atoms with E-state index < -0.39 is 5.60 Å². The van der Waals surface area contributed by atoms with Gasteiger partial charge in [-0.3, -0.25) is 0 Å². The summed E-state index contributed by atoms with van der Waals surface area (Å²) in [5, 5.41) is 0. The summed E-state index contributed by atoms with van der Waals surface area (Å²) >= 11 is 4.08. The van der Waals surface area contributed by atoms with Gasteiger partial charge in [0.15, 0.2) is 0 Å². The predicted molar refractivity (Wildman–Crippen MR) is 66.0 cm³/mol. The molecule has 0 unspecified atom stereocenters. The second-order valence-electron chi connectivity index (χ2n) is 5.36. The van der Waals surface area contributed by atoms with Crippen molar-refractivity contribution >= 4 is 18.7 Å². The predicted octanol–water partition coefficient (Wildman–Crippen LogP) is 1.94. The Balaban J connectivity index is 2.32. The normalized spacial score (nSPS) is 19.2. The molecule has 1 heterocycles. The van der Waals surface area contributed by atoms with Crippen molar-refractivity contribution in [1.29, 1.82) is 0 Å². The molecule has 5 heteroatoms. The summed E-state index contributed by atoms with van der Waals surface area (Å²) < 4.78 is 10.9. The van der Waals surface area contributed by atoms with Gasteiger partial charge in [0.25, 0.3) is 0 Å². The second kappa shape index (κ2) is 4.84. The molecule has 0 saturated carbocycles. The monoisotopic (exact) mass is 247 g/mol. The topological polar surface area (TPSA) is 38.8 Å². The van der Waals surface area contributed by atoms with E-state index in [0.717, 1.165) is 0 Å². The molecule has 16 heavy (non-hydrogen) atoms. The number of nitrogens with zero attached hydrogens (tertiary/aromatic N) is 1. The van der Waals surface area contributed by atoms with Crippen molar-refractivity contribution in [3.8, 4) is 0 Å². The zero-order chi connectivity index (χ0) is 12.4. The third-order valence-electron chi connectivity index (χ3n) is 2.24. The van der Waals surface area contributed by atoms with Gasteiger partial charge in [-0.25, -0.2) is 4.79 Å². The van der Waals surface area contributed by atoms with Crippen LogP contribution in [0.5, 0.6) is 0 Å². The lowest BCUT2D eigenvalue weighted by Gasteiger charge is -2.47. The van der Waals surface area contributed by atoms with E-state index in [0.29, 0.717) is 25.4 Å². The fraction of sp³-hybridized carbons (Fsp3) is 0.909. The minimum absolute atomic E-state index is 0.223. The maximum Gasteiger partial charge on any atom is 0.410 e. The molecule has 0 radical (unpaired) electrons. The van der Waals surface area contributed by atoms with E-state index in [1.807, 2.05) is 27.7 Å². The molecule has 1 fully saturated rings. The standard InChI is InChI=1S/C11H21NO3S/c1-10(2,3)15-9(13)12-7-11(4,8-12)14-5-6-16/h16H,5-8H2,1-4H3. The van der Waals surface area contributed by atoms with E-state index in [1.165, 1.54) is 0 Å². The van der Waals surface area contributed by atoms with Gasteiger partial charge in [-0.15, -0.1) is 0 Å². The molecule has 0 aromatic rings. The third kappa shape index (κ3) is 3.87. The number of ether oxygens (including phenoxy) is 2. The van der Waals surface area contributed by atoms with Crippen molar-refractivity contribution < 1.29 is 14.3 Å². The molecule has 1 rings (SSSR count). The average Bonchev–Trinajstić information content (AvgIpc) is 2.07. The molecular formula is C11H21NO3S. The Bertz CT molecular complexity index is 256. The molecule has 0 aromatic carbocycles. The molecule has 1 saturated heterocycles. The number of carbonyl (C=O) groups excluding carboxylic acids is 1. The molecule has 1 aliphatic heterocycles.